The quantitative estimate of drug-likeness (QED) is 0.333. The van der Waals surface area contributed by atoms with Crippen molar-refractivity contribution >= 4 is 23.4 Å². The maximum atomic E-state index is 13.8. The van der Waals surface area contributed by atoms with Crippen LogP contribution in [0.5, 0.6) is 17.2 Å². The second kappa shape index (κ2) is 11.5. The van der Waals surface area contributed by atoms with Crippen LogP contribution in [0.3, 0.4) is 0 Å². The summed E-state index contributed by atoms with van der Waals surface area (Å²) >= 11 is 1.23. The molecule has 0 saturated heterocycles. The first-order chi connectivity index (χ1) is 18.3. The van der Waals surface area contributed by atoms with E-state index in [-0.39, 0.29) is 17.9 Å². The zero-order valence-electron chi connectivity index (χ0n) is 21.8. The summed E-state index contributed by atoms with van der Waals surface area (Å²) in [5.74, 6) is 0.534. The Morgan fingerprint density at radius 3 is 2.58 bits per heavy atom. The molecule has 9 heteroatoms. The summed E-state index contributed by atoms with van der Waals surface area (Å²) in [6.45, 7) is 9.65. The van der Waals surface area contributed by atoms with Crippen LogP contribution >= 0.6 is 11.3 Å². The molecule has 0 amide bonds. The van der Waals surface area contributed by atoms with Crippen LogP contribution in [-0.2, 0) is 16.0 Å². The van der Waals surface area contributed by atoms with E-state index in [1.165, 1.54) is 15.9 Å². The van der Waals surface area contributed by atoms with Gasteiger partial charge in [0.1, 0.15) is 5.75 Å². The van der Waals surface area contributed by atoms with Crippen LogP contribution in [0.4, 0.5) is 0 Å². The fraction of sp³-hybridized carbons (Fsp3) is 0.276. The van der Waals surface area contributed by atoms with Crippen LogP contribution in [0.25, 0.3) is 6.08 Å². The number of carbonyl (C=O) groups excluding carboxylic acids is 1. The smallest absolute Gasteiger partial charge is 0.338 e. The lowest BCUT2D eigenvalue weighted by molar-refractivity contribution is -0.139. The highest BCUT2D eigenvalue weighted by molar-refractivity contribution is 7.07. The first-order valence-electron chi connectivity index (χ1n) is 12.3. The molecule has 0 fully saturated rings. The topological polar surface area (TPSA) is 99.4 Å². The standard InChI is InChI=1S/C29H30N2O6S/c1-6-9-20-14-18(15-22(26(20)32)36-7-2)16-23-27(33)31-25(19-10-12-21(35-5)13-11-19)24(28(34)37-8-3)17(4)30-29(31)38-23/h6,10-16,25,32H,1,7-9H2,2-5H3. The van der Waals surface area contributed by atoms with Crippen LogP contribution in [0.2, 0.25) is 0 Å². The van der Waals surface area contributed by atoms with Gasteiger partial charge in [-0.3, -0.25) is 9.36 Å². The Morgan fingerprint density at radius 1 is 1.21 bits per heavy atom. The Morgan fingerprint density at radius 2 is 1.95 bits per heavy atom. The van der Waals surface area contributed by atoms with Crippen molar-refractivity contribution in [2.45, 2.75) is 33.2 Å². The number of esters is 1. The average molecular weight is 535 g/mol. The van der Waals surface area contributed by atoms with E-state index in [9.17, 15) is 14.7 Å². The van der Waals surface area contributed by atoms with Gasteiger partial charge in [0.15, 0.2) is 16.3 Å². The van der Waals surface area contributed by atoms with E-state index in [0.29, 0.717) is 56.3 Å². The lowest BCUT2D eigenvalue weighted by atomic mass is 9.96. The lowest BCUT2D eigenvalue weighted by Gasteiger charge is -2.24. The Hall–Kier alpha value is -4.11. The first kappa shape index (κ1) is 26.9. The van der Waals surface area contributed by atoms with Crippen LogP contribution in [0.1, 0.15) is 43.5 Å². The fourth-order valence-corrected chi connectivity index (χ4v) is 5.44. The van der Waals surface area contributed by atoms with Gasteiger partial charge in [0.2, 0.25) is 0 Å². The number of allylic oxidation sites excluding steroid dienone is 2. The van der Waals surface area contributed by atoms with E-state index in [2.05, 4.69) is 11.6 Å². The summed E-state index contributed by atoms with van der Waals surface area (Å²) in [5, 5.41) is 10.6. The van der Waals surface area contributed by atoms with Gasteiger partial charge in [-0.05, 0) is 68.7 Å². The van der Waals surface area contributed by atoms with Gasteiger partial charge in [-0.15, -0.1) is 6.58 Å². The lowest BCUT2D eigenvalue weighted by Crippen LogP contribution is -2.39. The van der Waals surface area contributed by atoms with Crippen molar-refractivity contribution in [3.05, 3.63) is 96.7 Å². The van der Waals surface area contributed by atoms with Gasteiger partial charge in [0, 0.05) is 5.56 Å². The summed E-state index contributed by atoms with van der Waals surface area (Å²) in [7, 11) is 1.58. The Kier molecular flexibility index (Phi) is 8.16. The molecule has 198 valence electrons. The number of hydrogen-bond donors (Lipinski definition) is 1. The molecule has 0 radical (unpaired) electrons. The molecular formula is C29H30N2O6S. The summed E-state index contributed by atoms with van der Waals surface area (Å²) in [5.41, 5.74) is 2.57. The highest BCUT2D eigenvalue weighted by Gasteiger charge is 2.33. The van der Waals surface area contributed by atoms with E-state index in [4.69, 9.17) is 14.2 Å². The molecule has 3 aromatic rings. The van der Waals surface area contributed by atoms with Crippen molar-refractivity contribution in [2.24, 2.45) is 4.99 Å². The van der Waals surface area contributed by atoms with Crippen molar-refractivity contribution in [2.75, 3.05) is 20.3 Å². The third-order valence-corrected chi connectivity index (χ3v) is 7.07. The second-order valence-corrected chi connectivity index (χ2v) is 9.54. The van der Waals surface area contributed by atoms with Crippen LogP contribution in [0, 0.1) is 0 Å². The normalized spacial score (nSPS) is 15.1. The van der Waals surface area contributed by atoms with E-state index in [1.54, 1.807) is 57.4 Å². The third-order valence-electron chi connectivity index (χ3n) is 6.09. The van der Waals surface area contributed by atoms with E-state index >= 15 is 0 Å². The summed E-state index contributed by atoms with van der Waals surface area (Å²) < 4.78 is 18.2. The number of aromatic hydroxyl groups is 1. The van der Waals surface area contributed by atoms with Crippen molar-refractivity contribution < 1.29 is 24.1 Å². The highest BCUT2D eigenvalue weighted by Crippen LogP contribution is 2.33. The van der Waals surface area contributed by atoms with Crippen LogP contribution in [-0.4, -0.2) is 36.0 Å². The zero-order chi connectivity index (χ0) is 27.4. The molecule has 38 heavy (non-hydrogen) atoms. The van der Waals surface area contributed by atoms with Gasteiger partial charge in [-0.1, -0.05) is 29.5 Å². The number of phenolic OH excluding ortho intramolecular Hbond substituents is 1. The number of carbonyl (C=O) groups is 1. The molecule has 0 saturated carbocycles. The van der Waals surface area contributed by atoms with E-state index < -0.39 is 12.0 Å². The SMILES string of the molecule is C=CCc1cc(C=c2sc3n(c2=O)C(c2ccc(OC)cc2)C(C(=O)OCC)=C(C)N=3)cc(OCC)c1O. The van der Waals surface area contributed by atoms with E-state index in [1.807, 2.05) is 19.1 Å². The molecule has 1 N–H and O–H groups in total. The number of nitrogens with zero attached hydrogens (tertiary/aromatic N) is 2. The number of fused-ring (bicyclic) bond motifs is 1. The number of methoxy groups -OCH3 is 1. The molecule has 0 aliphatic carbocycles. The Balaban J connectivity index is 1.93. The molecule has 4 rings (SSSR count). The number of benzene rings is 2. The molecule has 1 aliphatic heterocycles. The molecule has 1 atom stereocenters. The molecule has 1 unspecified atom stereocenters. The van der Waals surface area contributed by atoms with Gasteiger partial charge in [0.05, 0.1) is 42.2 Å². The summed E-state index contributed by atoms with van der Waals surface area (Å²) in [6.07, 6.45) is 3.87. The molecule has 1 aromatic heterocycles. The zero-order valence-corrected chi connectivity index (χ0v) is 22.6. The molecular weight excluding hydrogens is 504 g/mol. The second-order valence-electron chi connectivity index (χ2n) is 8.53. The molecule has 2 heterocycles. The van der Waals surface area contributed by atoms with Gasteiger partial charge in [-0.2, -0.15) is 0 Å². The van der Waals surface area contributed by atoms with Crippen molar-refractivity contribution in [1.29, 1.82) is 0 Å². The number of hydrogen-bond acceptors (Lipinski definition) is 8. The minimum Gasteiger partial charge on any atom is -0.504 e. The summed E-state index contributed by atoms with van der Waals surface area (Å²) in [6, 6.07) is 10.0. The number of phenols is 1. The minimum atomic E-state index is -0.714. The largest absolute Gasteiger partial charge is 0.504 e. The monoisotopic (exact) mass is 534 g/mol. The molecule has 0 bridgehead atoms. The van der Waals surface area contributed by atoms with Gasteiger partial charge in [0.25, 0.3) is 5.56 Å². The maximum Gasteiger partial charge on any atom is 0.338 e. The van der Waals surface area contributed by atoms with Crippen molar-refractivity contribution in [3.8, 4) is 17.2 Å². The fourth-order valence-electron chi connectivity index (χ4n) is 4.39. The predicted octanol–water partition coefficient (Wildman–Crippen LogP) is 3.64. The molecule has 8 nitrogen and oxygen atoms in total. The Labute approximate surface area is 224 Å². The average Bonchev–Trinajstić information content (AvgIpc) is 3.20. The van der Waals surface area contributed by atoms with Crippen molar-refractivity contribution in [1.82, 2.24) is 4.57 Å². The van der Waals surface area contributed by atoms with Gasteiger partial charge < -0.3 is 19.3 Å². The van der Waals surface area contributed by atoms with Crippen LogP contribution < -0.4 is 24.4 Å². The molecule has 1 aliphatic rings. The van der Waals surface area contributed by atoms with E-state index in [0.717, 1.165) is 5.56 Å². The number of aromatic nitrogens is 1. The summed E-state index contributed by atoms with van der Waals surface area (Å²) in [4.78, 5) is 31.9. The first-order valence-corrected chi connectivity index (χ1v) is 13.1. The predicted molar refractivity (Wildman–Crippen MR) is 147 cm³/mol. The molecule has 0 spiro atoms. The van der Waals surface area contributed by atoms with Gasteiger partial charge >= 0.3 is 5.97 Å². The van der Waals surface area contributed by atoms with Crippen LogP contribution in [0.15, 0.2) is 70.1 Å². The van der Waals surface area contributed by atoms with Gasteiger partial charge in [-0.25, -0.2) is 9.79 Å². The van der Waals surface area contributed by atoms with Crippen molar-refractivity contribution in [3.63, 3.8) is 0 Å². The maximum absolute atomic E-state index is 13.8. The number of ether oxygens (including phenoxy) is 3. The minimum absolute atomic E-state index is 0.0552. The Bertz CT molecular complexity index is 1580. The number of rotatable bonds is 9. The molecule has 2 aromatic carbocycles. The number of thiazole rings is 1. The highest BCUT2D eigenvalue weighted by atomic mass is 32.1. The third kappa shape index (κ3) is 5.15.